The fraction of sp³-hybridized carbons (Fsp3) is 0.438. The van der Waals surface area contributed by atoms with Crippen molar-refractivity contribution < 1.29 is 4.74 Å². The minimum Gasteiger partial charge on any atom is -0.492 e. The van der Waals surface area contributed by atoms with Crippen LogP contribution in [0.1, 0.15) is 24.0 Å². The molecule has 1 saturated carbocycles. The number of nitrogens with two attached hydrogens (primary N) is 1. The summed E-state index contributed by atoms with van der Waals surface area (Å²) in [6.45, 7) is 5.01. The van der Waals surface area contributed by atoms with E-state index in [9.17, 15) is 0 Å². The van der Waals surface area contributed by atoms with Gasteiger partial charge in [-0.15, -0.1) is 0 Å². The number of anilines is 1. The number of aryl methyl sites for hydroxylation is 2. The van der Waals surface area contributed by atoms with Gasteiger partial charge in [-0.1, -0.05) is 12.1 Å². The lowest BCUT2D eigenvalue weighted by atomic mass is 10.00. The number of nitrogen functional groups attached to an aromatic ring is 1. The second-order valence-corrected chi connectivity index (χ2v) is 5.71. The molecule has 0 amide bonds. The Balaban J connectivity index is 2.04. The second kappa shape index (κ2) is 4.85. The molecule has 4 heteroatoms. The lowest BCUT2D eigenvalue weighted by Crippen LogP contribution is -2.04. The molecule has 1 fully saturated rings. The highest BCUT2D eigenvalue weighted by Crippen LogP contribution is 2.39. The summed E-state index contributed by atoms with van der Waals surface area (Å²) < 4.78 is 7.79. The molecule has 0 unspecified atom stereocenters. The van der Waals surface area contributed by atoms with Crippen LogP contribution in [-0.2, 0) is 7.05 Å². The van der Waals surface area contributed by atoms with Crippen molar-refractivity contribution in [1.29, 1.82) is 0 Å². The number of ether oxygens (including phenoxy) is 1. The minimum atomic E-state index is 0.671. The lowest BCUT2D eigenvalue weighted by Gasteiger charge is -2.15. The third-order valence-electron chi connectivity index (χ3n) is 4.11. The smallest absolute Gasteiger partial charge is 0.130 e. The summed E-state index contributed by atoms with van der Waals surface area (Å²) in [7, 11) is 1.85. The maximum atomic E-state index is 6.10. The highest BCUT2D eigenvalue weighted by molar-refractivity contribution is 5.79. The molecule has 0 atom stereocenters. The van der Waals surface area contributed by atoms with Crippen molar-refractivity contribution in [2.75, 3.05) is 12.3 Å². The SMILES string of the molecule is Cc1ccc(-c2cnn(C)c2N)c(OCC2CC2)c1C. The Morgan fingerprint density at radius 1 is 1.30 bits per heavy atom. The molecular weight excluding hydrogens is 250 g/mol. The van der Waals surface area contributed by atoms with Gasteiger partial charge in [0, 0.05) is 18.2 Å². The normalized spacial score (nSPS) is 14.6. The van der Waals surface area contributed by atoms with E-state index in [2.05, 4.69) is 31.1 Å². The van der Waals surface area contributed by atoms with Crippen molar-refractivity contribution in [1.82, 2.24) is 9.78 Å². The quantitative estimate of drug-likeness (QED) is 0.929. The minimum absolute atomic E-state index is 0.671. The molecule has 3 rings (SSSR count). The Morgan fingerprint density at radius 3 is 2.65 bits per heavy atom. The van der Waals surface area contributed by atoms with E-state index in [0.717, 1.165) is 29.4 Å². The first-order valence-corrected chi connectivity index (χ1v) is 7.08. The molecule has 1 aliphatic carbocycles. The standard InChI is InChI=1S/C16H21N3O/c1-10-4-7-13(14-8-18-19(3)16(14)17)15(11(10)2)20-9-12-5-6-12/h4,7-8,12H,5-6,9,17H2,1-3H3. The molecule has 1 heterocycles. The third kappa shape index (κ3) is 2.26. The van der Waals surface area contributed by atoms with Gasteiger partial charge in [0.05, 0.1) is 12.8 Å². The monoisotopic (exact) mass is 271 g/mol. The zero-order chi connectivity index (χ0) is 14.3. The fourth-order valence-electron chi connectivity index (χ4n) is 2.33. The molecule has 1 aromatic carbocycles. The van der Waals surface area contributed by atoms with Crippen LogP contribution < -0.4 is 10.5 Å². The van der Waals surface area contributed by atoms with Crippen LogP contribution in [0.3, 0.4) is 0 Å². The van der Waals surface area contributed by atoms with Gasteiger partial charge in [-0.05, 0) is 43.7 Å². The average Bonchev–Trinajstić information content (AvgIpc) is 3.20. The van der Waals surface area contributed by atoms with E-state index < -0.39 is 0 Å². The van der Waals surface area contributed by atoms with Crippen molar-refractivity contribution >= 4 is 5.82 Å². The van der Waals surface area contributed by atoms with E-state index in [1.807, 2.05) is 13.2 Å². The largest absolute Gasteiger partial charge is 0.492 e. The van der Waals surface area contributed by atoms with E-state index in [-0.39, 0.29) is 0 Å². The van der Waals surface area contributed by atoms with Crippen LogP contribution in [0, 0.1) is 19.8 Å². The fourth-order valence-corrected chi connectivity index (χ4v) is 2.33. The molecule has 4 nitrogen and oxygen atoms in total. The predicted octanol–water partition coefficient (Wildman–Crippen LogP) is 3.07. The van der Waals surface area contributed by atoms with Gasteiger partial charge in [-0.3, -0.25) is 4.68 Å². The number of nitrogens with zero attached hydrogens (tertiary/aromatic N) is 2. The van der Waals surface area contributed by atoms with Crippen LogP contribution in [0.5, 0.6) is 5.75 Å². The Bertz CT molecular complexity index is 641. The number of rotatable bonds is 4. The van der Waals surface area contributed by atoms with Crippen LogP contribution >= 0.6 is 0 Å². The van der Waals surface area contributed by atoms with Crippen LogP contribution in [-0.4, -0.2) is 16.4 Å². The third-order valence-corrected chi connectivity index (χ3v) is 4.11. The molecule has 2 N–H and O–H groups in total. The summed E-state index contributed by atoms with van der Waals surface area (Å²) in [5.74, 6) is 2.36. The molecule has 1 aromatic heterocycles. The summed E-state index contributed by atoms with van der Waals surface area (Å²) in [5, 5.41) is 4.23. The Kier molecular flexibility index (Phi) is 3.16. The summed E-state index contributed by atoms with van der Waals surface area (Å²) in [6, 6.07) is 4.19. The van der Waals surface area contributed by atoms with Gasteiger partial charge in [-0.2, -0.15) is 5.10 Å². The predicted molar refractivity (Wildman–Crippen MR) is 80.7 cm³/mol. The van der Waals surface area contributed by atoms with Crippen molar-refractivity contribution in [2.24, 2.45) is 13.0 Å². The van der Waals surface area contributed by atoms with E-state index in [1.165, 1.54) is 24.0 Å². The van der Waals surface area contributed by atoms with Crippen molar-refractivity contribution in [3.8, 4) is 16.9 Å². The molecule has 0 saturated heterocycles. The van der Waals surface area contributed by atoms with Crippen molar-refractivity contribution in [2.45, 2.75) is 26.7 Å². The zero-order valence-electron chi connectivity index (χ0n) is 12.3. The first kappa shape index (κ1) is 13.0. The van der Waals surface area contributed by atoms with Crippen molar-refractivity contribution in [3.63, 3.8) is 0 Å². The van der Waals surface area contributed by atoms with E-state index >= 15 is 0 Å². The van der Waals surface area contributed by atoms with Crippen molar-refractivity contribution in [3.05, 3.63) is 29.5 Å². The maximum Gasteiger partial charge on any atom is 0.130 e. The van der Waals surface area contributed by atoms with Gasteiger partial charge in [0.2, 0.25) is 0 Å². The molecule has 0 bridgehead atoms. The summed E-state index contributed by atoms with van der Waals surface area (Å²) in [4.78, 5) is 0. The number of hydrogen-bond acceptors (Lipinski definition) is 3. The summed E-state index contributed by atoms with van der Waals surface area (Å²) in [5.41, 5.74) is 10.5. The highest BCUT2D eigenvalue weighted by Gasteiger charge is 2.24. The van der Waals surface area contributed by atoms with Crippen LogP contribution in [0.25, 0.3) is 11.1 Å². The van der Waals surface area contributed by atoms with Crippen LogP contribution in [0.15, 0.2) is 18.3 Å². The molecule has 106 valence electrons. The highest BCUT2D eigenvalue weighted by atomic mass is 16.5. The maximum absolute atomic E-state index is 6.10. The molecule has 2 aromatic rings. The van der Waals surface area contributed by atoms with E-state index in [1.54, 1.807) is 4.68 Å². The number of aromatic nitrogens is 2. The average molecular weight is 271 g/mol. The molecule has 20 heavy (non-hydrogen) atoms. The molecule has 0 aliphatic heterocycles. The summed E-state index contributed by atoms with van der Waals surface area (Å²) in [6.07, 6.45) is 4.38. The van der Waals surface area contributed by atoms with Gasteiger partial charge in [0.25, 0.3) is 0 Å². The first-order chi connectivity index (χ1) is 9.58. The van der Waals surface area contributed by atoms with Crippen LogP contribution in [0.2, 0.25) is 0 Å². The van der Waals surface area contributed by atoms with Gasteiger partial charge >= 0.3 is 0 Å². The first-order valence-electron chi connectivity index (χ1n) is 7.08. The van der Waals surface area contributed by atoms with Gasteiger partial charge in [-0.25, -0.2) is 0 Å². The molecular formula is C16H21N3O. The Morgan fingerprint density at radius 2 is 2.05 bits per heavy atom. The zero-order valence-corrected chi connectivity index (χ0v) is 12.3. The van der Waals surface area contributed by atoms with E-state index in [0.29, 0.717) is 5.82 Å². The van der Waals surface area contributed by atoms with E-state index in [4.69, 9.17) is 10.5 Å². The topological polar surface area (TPSA) is 53.1 Å². The van der Waals surface area contributed by atoms with Gasteiger partial charge in [0.1, 0.15) is 11.6 Å². The second-order valence-electron chi connectivity index (χ2n) is 5.71. The summed E-state index contributed by atoms with van der Waals surface area (Å²) >= 11 is 0. The van der Waals surface area contributed by atoms with Gasteiger partial charge in [0.15, 0.2) is 0 Å². The number of benzene rings is 1. The van der Waals surface area contributed by atoms with Gasteiger partial charge < -0.3 is 10.5 Å². The lowest BCUT2D eigenvalue weighted by molar-refractivity contribution is 0.299. The Hall–Kier alpha value is -1.97. The van der Waals surface area contributed by atoms with Crippen LogP contribution in [0.4, 0.5) is 5.82 Å². The number of hydrogen-bond donors (Lipinski definition) is 1. The Labute approximate surface area is 119 Å². The molecule has 0 spiro atoms. The molecule has 1 aliphatic rings. The molecule has 0 radical (unpaired) electrons.